The summed E-state index contributed by atoms with van der Waals surface area (Å²) in [4.78, 5) is 2.14. The number of hydrogen-bond acceptors (Lipinski definition) is 1. The summed E-state index contributed by atoms with van der Waals surface area (Å²) in [6.07, 6.45) is 3.84. The Hall–Kier alpha value is -0.370. The van der Waals surface area contributed by atoms with Crippen molar-refractivity contribution in [1.29, 1.82) is 0 Å². The molecular formula is C11H22FN. The summed E-state index contributed by atoms with van der Waals surface area (Å²) in [5, 5.41) is 0. The Bertz CT molecular complexity index is 154. The minimum absolute atomic E-state index is 0.0839. The maximum Gasteiger partial charge on any atom is 0.102 e. The molecule has 0 fully saturated rings. The van der Waals surface area contributed by atoms with E-state index in [4.69, 9.17) is 0 Å². The van der Waals surface area contributed by atoms with Gasteiger partial charge in [-0.25, -0.2) is 4.39 Å². The van der Waals surface area contributed by atoms with Gasteiger partial charge >= 0.3 is 0 Å². The lowest BCUT2D eigenvalue weighted by atomic mass is 10.0. The van der Waals surface area contributed by atoms with Gasteiger partial charge in [-0.1, -0.05) is 27.2 Å². The third-order valence-corrected chi connectivity index (χ3v) is 2.01. The predicted molar refractivity (Wildman–Crippen MR) is 56.4 cm³/mol. The van der Waals surface area contributed by atoms with Crippen LogP contribution in [-0.2, 0) is 0 Å². The van der Waals surface area contributed by atoms with Gasteiger partial charge in [-0.15, -0.1) is 0 Å². The van der Waals surface area contributed by atoms with Gasteiger partial charge in [0.05, 0.1) is 0 Å². The van der Waals surface area contributed by atoms with Gasteiger partial charge in [0.25, 0.3) is 0 Å². The largest absolute Gasteiger partial charge is 0.302 e. The lowest BCUT2D eigenvalue weighted by molar-refractivity contribution is 0.266. The molecule has 0 aliphatic carbocycles. The first-order valence-corrected chi connectivity index (χ1v) is 5.19. The summed E-state index contributed by atoms with van der Waals surface area (Å²) in [6, 6.07) is 0. The van der Waals surface area contributed by atoms with Gasteiger partial charge in [-0.05, 0) is 19.5 Å². The van der Waals surface area contributed by atoms with Crippen LogP contribution in [-0.4, -0.2) is 25.0 Å². The fourth-order valence-corrected chi connectivity index (χ4v) is 1.27. The van der Waals surface area contributed by atoms with E-state index in [0.717, 1.165) is 19.5 Å². The van der Waals surface area contributed by atoms with E-state index in [1.807, 2.05) is 14.0 Å². The van der Waals surface area contributed by atoms with Crippen LogP contribution in [0.15, 0.2) is 11.9 Å². The summed E-state index contributed by atoms with van der Waals surface area (Å²) in [5.74, 6) is 0.236. The maximum absolute atomic E-state index is 12.9. The third kappa shape index (κ3) is 5.04. The van der Waals surface area contributed by atoms with E-state index < -0.39 is 0 Å². The van der Waals surface area contributed by atoms with Crippen molar-refractivity contribution < 1.29 is 4.39 Å². The lowest BCUT2D eigenvalue weighted by Crippen LogP contribution is -2.30. The van der Waals surface area contributed by atoms with E-state index in [1.165, 1.54) is 6.42 Å². The average Bonchev–Trinajstić information content (AvgIpc) is 2.10. The zero-order valence-corrected chi connectivity index (χ0v) is 9.31. The van der Waals surface area contributed by atoms with E-state index in [2.05, 4.69) is 18.7 Å². The molecule has 0 saturated carbocycles. The van der Waals surface area contributed by atoms with Crippen LogP contribution in [0.2, 0.25) is 0 Å². The van der Waals surface area contributed by atoms with Crippen molar-refractivity contribution in [3.05, 3.63) is 11.9 Å². The zero-order valence-electron chi connectivity index (χ0n) is 9.31. The van der Waals surface area contributed by atoms with Crippen molar-refractivity contribution in [2.75, 3.05) is 20.1 Å². The lowest BCUT2D eigenvalue weighted by Gasteiger charge is -2.25. The molecule has 78 valence electrons. The predicted octanol–water partition coefficient (Wildman–Crippen LogP) is 3.23. The third-order valence-electron chi connectivity index (χ3n) is 2.01. The van der Waals surface area contributed by atoms with Crippen molar-refractivity contribution in [3.8, 4) is 0 Å². The normalized spacial score (nSPS) is 23.2. The molecule has 1 heterocycles. The standard InChI is InChI=1S/C8H14FN.C3H8/c1-3-7-6-10(2)5-4-8(7)9;1-3-2/h4,7H,3,5-6H2,1-2H3;3H2,1-2H3. The van der Waals surface area contributed by atoms with Crippen LogP contribution in [0, 0.1) is 5.92 Å². The van der Waals surface area contributed by atoms with Gasteiger partial charge in [0, 0.05) is 19.0 Å². The Morgan fingerprint density at radius 2 is 2.00 bits per heavy atom. The molecule has 2 heteroatoms. The Morgan fingerprint density at radius 1 is 1.46 bits per heavy atom. The Morgan fingerprint density at radius 3 is 2.38 bits per heavy atom. The fraction of sp³-hybridized carbons (Fsp3) is 0.818. The summed E-state index contributed by atoms with van der Waals surface area (Å²) in [5.41, 5.74) is 0. The Labute approximate surface area is 81.6 Å². The van der Waals surface area contributed by atoms with Crippen molar-refractivity contribution >= 4 is 0 Å². The highest BCUT2D eigenvalue weighted by Crippen LogP contribution is 2.20. The Kier molecular flexibility index (Phi) is 6.87. The number of rotatable bonds is 1. The van der Waals surface area contributed by atoms with E-state index >= 15 is 0 Å². The molecule has 13 heavy (non-hydrogen) atoms. The van der Waals surface area contributed by atoms with Gasteiger partial charge in [-0.2, -0.15) is 0 Å². The first kappa shape index (κ1) is 12.6. The second kappa shape index (κ2) is 7.07. The smallest absolute Gasteiger partial charge is 0.102 e. The summed E-state index contributed by atoms with van der Waals surface area (Å²) < 4.78 is 12.9. The quantitative estimate of drug-likeness (QED) is 0.609. The number of nitrogens with zero attached hydrogens (tertiary/aromatic N) is 1. The number of likely N-dealkylation sites (N-methyl/N-ethyl adjacent to an activating group) is 1. The van der Waals surface area contributed by atoms with E-state index in [1.54, 1.807) is 6.08 Å². The second-order valence-electron chi connectivity index (χ2n) is 3.62. The molecule has 1 aliphatic rings. The molecule has 0 aromatic carbocycles. The van der Waals surface area contributed by atoms with E-state index in [-0.39, 0.29) is 11.7 Å². The average molecular weight is 187 g/mol. The van der Waals surface area contributed by atoms with Gasteiger partial charge < -0.3 is 4.90 Å². The van der Waals surface area contributed by atoms with Gasteiger partial charge in [0.15, 0.2) is 0 Å². The van der Waals surface area contributed by atoms with Gasteiger partial charge in [-0.3, -0.25) is 0 Å². The fourth-order valence-electron chi connectivity index (χ4n) is 1.27. The molecule has 0 radical (unpaired) electrons. The highest BCUT2D eigenvalue weighted by molar-refractivity contribution is 5.03. The minimum Gasteiger partial charge on any atom is -0.302 e. The minimum atomic E-state index is 0.0839. The van der Waals surface area contributed by atoms with Crippen LogP contribution in [0.1, 0.15) is 33.6 Å². The van der Waals surface area contributed by atoms with Crippen LogP contribution in [0.5, 0.6) is 0 Å². The molecule has 1 atom stereocenters. The Balaban J connectivity index is 0.000000424. The van der Waals surface area contributed by atoms with Crippen LogP contribution in [0.25, 0.3) is 0 Å². The summed E-state index contributed by atoms with van der Waals surface area (Å²) >= 11 is 0. The number of hydrogen-bond donors (Lipinski definition) is 0. The van der Waals surface area contributed by atoms with Crippen LogP contribution in [0.3, 0.4) is 0 Å². The van der Waals surface area contributed by atoms with Crippen molar-refractivity contribution in [1.82, 2.24) is 4.90 Å². The van der Waals surface area contributed by atoms with Crippen molar-refractivity contribution in [2.45, 2.75) is 33.6 Å². The first-order chi connectivity index (χ1) is 6.15. The molecule has 0 N–H and O–H groups in total. The molecule has 1 nitrogen and oxygen atoms in total. The van der Waals surface area contributed by atoms with E-state index in [0.29, 0.717) is 0 Å². The second-order valence-corrected chi connectivity index (χ2v) is 3.62. The van der Waals surface area contributed by atoms with Crippen molar-refractivity contribution in [3.63, 3.8) is 0 Å². The van der Waals surface area contributed by atoms with Gasteiger partial charge in [0.1, 0.15) is 5.83 Å². The van der Waals surface area contributed by atoms with Gasteiger partial charge in [0.2, 0.25) is 0 Å². The van der Waals surface area contributed by atoms with Crippen LogP contribution < -0.4 is 0 Å². The summed E-state index contributed by atoms with van der Waals surface area (Å²) in [6.45, 7) is 7.92. The highest BCUT2D eigenvalue weighted by atomic mass is 19.1. The molecule has 0 saturated heterocycles. The number of halogens is 1. The zero-order chi connectivity index (χ0) is 10.3. The molecule has 1 unspecified atom stereocenters. The molecule has 0 amide bonds. The molecule has 0 aromatic rings. The molecule has 0 spiro atoms. The molecule has 0 bridgehead atoms. The van der Waals surface area contributed by atoms with Crippen molar-refractivity contribution in [2.24, 2.45) is 5.92 Å². The van der Waals surface area contributed by atoms with E-state index in [9.17, 15) is 4.39 Å². The molecular weight excluding hydrogens is 165 g/mol. The molecule has 1 aliphatic heterocycles. The molecule has 0 aromatic heterocycles. The topological polar surface area (TPSA) is 3.24 Å². The summed E-state index contributed by atoms with van der Waals surface area (Å²) in [7, 11) is 2.02. The SMILES string of the molecule is CCC.CCC1CN(C)CC=C1F. The first-order valence-electron chi connectivity index (χ1n) is 5.19. The van der Waals surface area contributed by atoms with Crippen LogP contribution in [0.4, 0.5) is 4.39 Å². The molecule has 1 rings (SSSR count). The van der Waals surface area contributed by atoms with Crippen LogP contribution >= 0.6 is 0 Å². The monoisotopic (exact) mass is 187 g/mol. The maximum atomic E-state index is 12.9. The highest BCUT2D eigenvalue weighted by Gasteiger charge is 2.18.